The van der Waals surface area contributed by atoms with Crippen molar-refractivity contribution < 1.29 is 9.90 Å². The molecule has 0 aliphatic carbocycles. The molecular formula is C18H26N2O2. The van der Waals surface area contributed by atoms with Gasteiger partial charge in [-0.05, 0) is 44.2 Å². The van der Waals surface area contributed by atoms with Crippen LogP contribution in [-0.4, -0.2) is 29.1 Å². The van der Waals surface area contributed by atoms with E-state index in [0.717, 1.165) is 35.9 Å². The molecule has 0 fully saturated rings. The van der Waals surface area contributed by atoms with Crippen LogP contribution in [0.5, 0.6) is 0 Å². The Morgan fingerprint density at radius 2 is 2.09 bits per heavy atom. The van der Waals surface area contributed by atoms with E-state index >= 15 is 0 Å². The summed E-state index contributed by atoms with van der Waals surface area (Å²) in [6.45, 7) is 6.99. The molecule has 3 N–H and O–H groups in total. The zero-order valence-corrected chi connectivity index (χ0v) is 13.7. The average molecular weight is 302 g/mol. The number of carbonyl (C=O) groups is 1. The molecule has 120 valence electrons. The van der Waals surface area contributed by atoms with Gasteiger partial charge < -0.3 is 15.4 Å². The predicted molar refractivity (Wildman–Crippen MR) is 90.2 cm³/mol. The van der Waals surface area contributed by atoms with Crippen LogP contribution in [0.25, 0.3) is 10.9 Å². The fourth-order valence-electron chi connectivity index (χ4n) is 2.94. The lowest BCUT2D eigenvalue weighted by atomic mass is 10.00. The van der Waals surface area contributed by atoms with Crippen LogP contribution in [-0.2, 0) is 0 Å². The van der Waals surface area contributed by atoms with Crippen molar-refractivity contribution in [2.75, 3.05) is 13.2 Å². The first-order valence-corrected chi connectivity index (χ1v) is 8.05. The smallest absolute Gasteiger partial charge is 0.253 e. The van der Waals surface area contributed by atoms with Gasteiger partial charge in [0.2, 0.25) is 0 Å². The van der Waals surface area contributed by atoms with Gasteiger partial charge in [-0.3, -0.25) is 4.79 Å². The number of hydrogen-bond donors (Lipinski definition) is 3. The monoisotopic (exact) mass is 302 g/mol. The highest BCUT2D eigenvalue weighted by molar-refractivity contribution is 6.06. The Hall–Kier alpha value is -1.81. The maximum atomic E-state index is 12.5. The van der Waals surface area contributed by atoms with E-state index < -0.39 is 0 Å². The van der Waals surface area contributed by atoms with E-state index in [2.05, 4.69) is 24.1 Å². The van der Waals surface area contributed by atoms with E-state index in [1.54, 1.807) is 0 Å². The number of aromatic amines is 1. The second-order valence-corrected chi connectivity index (χ2v) is 5.98. The first-order chi connectivity index (χ1) is 10.6. The topological polar surface area (TPSA) is 65.1 Å². The van der Waals surface area contributed by atoms with Crippen molar-refractivity contribution in [1.29, 1.82) is 0 Å². The van der Waals surface area contributed by atoms with Gasteiger partial charge in [0.1, 0.15) is 0 Å². The summed E-state index contributed by atoms with van der Waals surface area (Å²) in [6, 6.07) is 5.82. The summed E-state index contributed by atoms with van der Waals surface area (Å²) in [5, 5.41) is 13.2. The van der Waals surface area contributed by atoms with Gasteiger partial charge in [0.05, 0.1) is 11.1 Å². The molecule has 2 aromatic rings. The summed E-state index contributed by atoms with van der Waals surface area (Å²) in [5.41, 5.74) is 3.88. The number of nitrogens with one attached hydrogen (secondary N) is 2. The first-order valence-electron chi connectivity index (χ1n) is 8.05. The molecular weight excluding hydrogens is 276 g/mol. The highest BCUT2D eigenvalue weighted by atomic mass is 16.3. The number of amides is 1. The van der Waals surface area contributed by atoms with Crippen LogP contribution in [0.3, 0.4) is 0 Å². The van der Waals surface area contributed by atoms with E-state index in [1.165, 1.54) is 5.56 Å². The van der Waals surface area contributed by atoms with E-state index in [0.29, 0.717) is 18.0 Å². The second kappa shape index (κ2) is 7.45. The standard InChI is InChI=1S/C18H26N2O2/c1-4-6-14(9-10-21)11-19-18(22)16-8-5-7-15-12(2)13(3)20-17(15)16/h5,7-8,14,20-21H,4,6,9-11H2,1-3H3,(H,19,22). The molecule has 1 atom stereocenters. The van der Waals surface area contributed by atoms with Gasteiger partial charge in [0.25, 0.3) is 5.91 Å². The van der Waals surface area contributed by atoms with Crippen LogP contribution in [0.2, 0.25) is 0 Å². The number of aliphatic hydroxyl groups excluding tert-OH is 1. The minimum atomic E-state index is -0.0501. The number of benzene rings is 1. The van der Waals surface area contributed by atoms with E-state index in [1.807, 2.05) is 25.1 Å². The maximum Gasteiger partial charge on any atom is 0.253 e. The van der Waals surface area contributed by atoms with Gasteiger partial charge in [-0.1, -0.05) is 25.5 Å². The SMILES string of the molecule is CCCC(CCO)CNC(=O)c1cccc2c(C)c(C)[nH]c12. The van der Waals surface area contributed by atoms with Gasteiger partial charge in [0, 0.05) is 24.2 Å². The van der Waals surface area contributed by atoms with E-state index in [-0.39, 0.29) is 12.5 Å². The fourth-order valence-corrected chi connectivity index (χ4v) is 2.94. The molecule has 1 aromatic heterocycles. The summed E-state index contributed by atoms with van der Waals surface area (Å²) in [5.74, 6) is 0.288. The average Bonchev–Trinajstić information content (AvgIpc) is 2.80. The van der Waals surface area contributed by atoms with Crippen LogP contribution in [0.4, 0.5) is 0 Å². The Bertz CT molecular complexity index is 640. The lowest BCUT2D eigenvalue weighted by molar-refractivity contribution is 0.0944. The minimum Gasteiger partial charge on any atom is -0.396 e. The van der Waals surface area contributed by atoms with Crippen LogP contribution < -0.4 is 5.32 Å². The van der Waals surface area contributed by atoms with Crippen LogP contribution >= 0.6 is 0 Å². The quantitative estimate of drug-likeness (QED) is 0.734. The molecule has 1 aromatic carbocycles. The first kappa shape index (κ1) is 16.6. The number of rotatable bonds is 7. The zero-order valence-electron chi connectivity index (χ0n) is 13.7. The second-order valence-electron chi connectivity index (χ2n) is 5.98. The number of para-hydroxylation sites is 1. The Kier molecular flexibility index (Phi) is 5.61. The fraction of sp³-hybridized carbons (Fsp3) is 0.500. The highest BCUT2D eigenvalue weighted by Crippen LogP contribution is 2.24. The molecule has 22 heavy (non-hydrogen) atoms. The van der Waals surface area contributed by atoms with Crippen molar-refractivity contribution in [2.24, 2.45) is 5.92 Å². The summed E-state index contributed by atoms with van der Waals surface area (Å²) >= 11 is 0. The van der Waals surface area contributed by atoms with Crippen molar-refractivity contribution >= 4 is 16.8 Å². The summed E-state index contributed by atoms with van der Waals surface area (Å²) in [4.78, 5) is 15.8. The minimum absolute atomic E-state index is 0.0501. The van der Waals surface area contributed by atoms with Crippen molar-refractivity contribution in [2.45, 2.75) is 40.0 Å². The number of aryl methyl sites for hydroxylation is 2. The Balaban J connectivity index is 2.14. The third-order valence-corrected chi connectivity index (χ3v) is 4.37. The number of aliphatic hydroxyl groups is 1. The lowest BCUT2D eigenvalue weighted by Crippen LogP contribution is -2.30. The van der Waals surface area contributed by atoms with Gasteiger partial charge >= 0.3 is 0 Å². The molecule has 1 heterocycles. The molecule has 1 unspecified atom stereocenters. The molecule has 1 amide bonds. The number of H-pyrrole nitrogens is 1. The molecule has 2 rings (SSSR count). The largest absolute Gasteiger partial charge is 0.396 e. The number of hydrogen-bond acceptors (Lipinski definition) is 2. The van der Waals surface area contributed by atoms with Gasteiger partial charge in [-0.25, -0.2) is 0 Å². The molecule has 0 bridgehead atoms. The summed E-state index contributed by atoms with van der Waals surface area (Å²) in [7, 11) is 0. The predicted octanol–water partition coefficient (Wildman–Crippen LogP) is 3.31. The molecule has 0 spiro atoms. The van der Waals surface area contributed by atoms with Crippen molar-refractivity contribution in [3.8, 4) is 0 Å². The van der Waals surface area contributed by atoms with Crippen molar-refractivity contribution in [3.05, 3.63) is 35.0 Å². The highest BCUT2D eigenvalue weighted by Gasteiger charge is 2.15. The van der Waals surface area contributed by atoms with Crippen LogP contribution in [0, 0.1) is 19.8 Å². The van der Waals surface area contributed by atoms with Crippen molar-refractivity contribution in [1.82, 2.24) is 10.3 Å². The third kappa shape index (κ3) is 3.50. The Labute approximate surface area is 131 Å². The summed E-state index contributed by atoms with van der Waals surface area (Å²) < 4.78 is 0. The third-order valence-electron chi connectivity index (χ3n) is 4.37. The van der Waals surface area contributed by atoms with E-state index in [4.69, 9.17) is 5.11 Å². The molecule has 0 saturated heterocycles. The number of aromatic nitrogens is 1. The molecule has 0 radical (unpaired) electrons. The summed E-state index contributed by atoms with van der Waals surface area (Å²) in [6.07, 6.45) is 2.82. The molecule has 4 nitrogen and oxygen atoms in total. The Morgan fingerprint density at radius 1 is 1.32 bits per heavy atom. The van der Waals surface area contributed by atoms with Gasteiger partial charge in [-0.2, -0.15) is 0 Å². The number of carbonyl (C=O) groups excluding carboxylic acids is 1. The molecule has 4 heteroatoms. The van der Waals surface area contributed by atoms with Crippen molar-refractivity contribution in [3.63, 3.8) is 0 Å². The number of fused-ring (bicyclic) bond motifs is 1. The Morgan fingerprint density at radius 3 is 2.77 bits per heavy atom. The van der Waals surface area contributed by atoms with Gasteiger partial charge in [-0.15, -0.1) is 0 Å². The molecule has 0 aliphatic rings. The molecule has 0 aliphatic heterocycles. The molecule has 0 saturated carbocycles. The maximum absolute atomic E-state index is 12.5. The van der Waals surface area contributed by atoms with E-state index in [9.17, 15) is 4.79 Å². The normalized spacial score (nSPS) is 12.5. The van der Waals surface area contributed by atoms with Crippen LogP contribution in [0.1, 0.15) is 47.8 Å². The van der Waals surface area contributed by atoms with Gasteiger partial charge in [0.15, 0.2) is 0 Å². The lowest BCUT2D eigenvalue weighted by Gasteiger charge is -2.15. The zero-order chi connectivity index (χ0) is 16.1. The van der Waals surface area contributed by atoms with Crippen LogP contribution in [0.15, 0.2) is 18.2 Å².